The van der Waals surface area contributed by atoms with Crippen LogP contribution in [0.5, 0.6) is 11.6 Å². The number of fused-ring (bicyclic) bond motifs is 1. The van der Waals surface area contributed by atoms with Crippen molar-refractivity contribution in [3.8, 4) is 11.6 Å². The van der Waals surface area contributed by atoms with Crippen molar-refractivity contribution in [3.63, 3.8) is 0 Å². The van der Waals surface area contributed by atoms with E-state index in [1.807, 2.05) is 24.3 Å². The summed E-state index contributed by atoms with van der Waals surface area (Å²) in [5, 5.41) is 3.14. The summed E-state index contributed by atoms with van der Waals surface area (Å²) in [5.41, 5.74) is 2.74. The number of nitrogens with one attached hydrogen (secondary N) is 1. The minimum Gasteiger partial charge on any atom is -0.433 e. The molecule has 5 rings (SSSR count). The molecule has 0 unspecified atom stereocenters. The number of hydrogen-bond donors (Lipinski definition) is 1. The molecular formula is C26H26F2N6O2. The average Bonchev–Trinajstić information content (AvgIpc) is 3.21. The second-order valence-corrected chi connectivity index (χ2v) is 8.86. The van der Waals surface area contributed by atoms with Gasteiger partial charge in [-0.05, 0) is 56.4 Å². The molecule has 2 aromatic heterocycles. The van der Waals surface area contributed by atoms with E-state index >= 15 is 8.78 Å². The van der Waals surface area contributed by atoms with Crippen molar-refractivity contribution >= 4 is 34.0 Å². The number of aryl methyl sites for hydroxylation is 1. The van der Waals surface area contributed by atoms with E-state index in [-0.39, 0.29) is 22.9 Å². The van der Waals surface area contributed by atoms with Gasteiger partial charge in [-0.2, -0.15) is 9.37 Å². The highest BCUT2D eigenvalue weighted by Crippen LogP contribution is 2.33. The molecule has 186 valence electrons. The van der Waals surface area contributed by atoms with Gasteiger partial charge in [0.1, 0.15) is 6.33 Å². The van der Waals surface area contributed by atoms with Crippen LogP contribution in [-0.4, -0.2) is 58.6 Å². The molecule has 1 aliphatic heterocycles. The van der Waals surface area contributed by atoms with Crippen LogP contribution in [0.15, 0.2) is 48.8 Å². The third-order valence-corrected chi connectivity index (χ3v) is 6.35. The van der Waals surface area contributed by atoms with Gasteiger partial charge in [0, 0.05) is 55.6 Å². The Kier molecular flexibility index (Phi) is 6.27. The first kappa shape index (κ1) is 23.7. The Labute approximate surface area is 207 Å². The number of carbonyl (C=O) groups is 1. The van der Waals surface area contributed by atoms with Crippen molar-refractivity contribution in [1.29, 1.82) is 0 Å². The van der Waals surface area contributed by atoms with E-state index in [1.54, 1.807) is 19.1 Å². The molecule has 0 radical (unpaired) electrons. The van der Waals surface area contributed by atoms with Crippen LogP contribution in [0.2, 0.25) is 0 Å². The number of halogens is 2. The lowest BCUT2D eigenvalue weighted by Crippen LogP contribution is -2.44. The van der Waals surface area contributed by atoms with E-state index in [2.05, 4.69) is 32.1 Å². The Hall–Kier alpha value is -4.05. The Morgan fingerprint density at radius 3 is 2.42 bits per heavy atom. The van der Waals surface area contributed by atoms with E-state index in [0.717, 1.165) is 38.2 Å². The van der Waals surface area contributed by atoms with Crippen molar-refractivity contribution in [1.82, 2.24) is 19.4 Å². The van der Waals surface area contributed by atoms with Crippen molar-refractivity contribution in [3.05, 3.63) is 66.1 Å². The zero-order valence-corrected chi connectivity index (χ0v) is 20.3. The standard InChI is InChI=1S/C26H26F2N6O2/c1-16-14-20-21(34(16)17(2)35)8-9-22(23(20)27)36-26-24(28)25(29-15-30-26)31-18-4-6-19(7-5-18)33-12-10-32(3)11-13-33/h4-9,14-15H,10-13H2,1-3H3,(H,29,30,31). The Bertz CT molecular complexity index is 1430. The molecule has 4 aromatic rings. The van der Waals surface area contributed by atoms with Gasteiger partial charge in [0.05, 0.1) is 5.52 Å². The lowest BCUT2D eigenvalue weighted by molar-refractivity contribution is 0.0939. The first-order valence-corrected chi connectivity index (χ1v) is 11.6. The molecule has 1 aliphatic rings. The SMILES string of the molecule is CC(=O)n1c(C)cc2c(F)c(Oc3ncnc(Nc4ccc(N5CCN(C)CC5)cc4)c3F)ccc21. The predicted octanol–water partition coefficient (Wildman–Crippen LogP) is 4.97. The lowest BCUT2D eigenvalue weighted by atomic mass is 10.2. The normalized spacial score (nSPS) is 14.3. The van der Waals surface area contributed by atoms with Crippen LogP contribution in [0.25, 0.3) is 10.9 Å². The maximum atomic E-state index is 15.2. The first-order valence-electron chi connectivity index (χ1n) is 11.6. The fourth-order valence-electron chi connectivity index (χ4n) is 4.43. The van der Waals surface area contributed by atoms with Gasteiger partial charge in [0.25, 0.3) is 5.88 Å². The number of benzene rings is 2. The molecule has 0 bridgehead atoms. The van der Waals surface area contributed by atoms with E-state index in [4.69, 9.17) is 4.74 Å². The predicted molar refractivity (Wildman–Crippen MR) is 134 cm³/mol. The first-order chi connectivity index (χ1) is 17.3. The molecule has 36 heavy (non-hydrogen) atoms. The summed E-state index contributed by atoms with van der Waals surface area (Å²) in [7, 11) is 2.11. The highest BCUT2D eigenvalue weighted by molar-refractivity contribution is 5.93. The average molecular weight is 493 g/mol. The number of anilines is 3. The summed E-state index contributed by atoms with van der Waals surface area (Å²) in [6.45, 7) is 7.02. The monoisotopic (exact) mass is 492 g/mol. The Morgan fingerprint density at radius 1 is 1.00 bits per heavy atom. The zero-order chi connectivity index (χ0) is 25.4. The summed E-state index contributed by atoms with van der Waals surface area (Å²) in [4.78, 5) is 24.3. The number of ether oxygens (including phenoxy) is 1. The van der Waals surface area contributed by atoms with Crippen LogP contribution >= 0.6 is 0 Å². The molecule has 0 spiro atoms. The Morgan fingerprint density at radius 2 is 1.72 bits per heavy atom. The third kappa shape index (κ3) is 4.47. The molecule has 2 aromatic carbocycles. The van der Waals surface area contributed by atoms with Crippen molar-refractivity contribution < 1.29 is 18.3 Å². The van der Waals surface area contributed by atoms with Crippen molar-refractivity contribution in [2.24, 2.45) is 0 Å². The molecule has 3 heterocycles. The quantitative estimate of drug-likeness (QED) is 0.422. The topological polar surface area (TPSA) is 75.5 Å². The molecule has 0 atom stereocenters. The van der Waals surface area contributed by atoms with Gasteiger partial charge < -0.3 is 19.9 Å². The second-order valence-electron chi connectivity index (χ2n) is 8.86. The van der Waals surface area contributed by atoms with Crippen LogP contribution in [0.1, 0.15) is 17.4 Å². The highest BCUT2D eigenvalue weighted by atomic mass is 19.1. The smallest absolute Gasteiger partial charge is 0.261 e. The minimum atomic E-state index is -0.849. The number of piperazine rings is 1. The maximum Gasteiger partial charge on any atom is 0.261 e. The summed E-state index contributed by atoms with van der Waals surface area (Å²) < 4.78 is 37.2. The van der Waals surface area contributed by atoms with Gasteiger partial charge in [0.15, 0.2) is 17.4 Å². The van der Waals surface area contributed by atoms with Crippen molar-refractivity contribution in [2.75, 3.05) is 43.4 Å². The lowest BCUT2D eigenvalue weighted by Gasteiger charge is -2.34. The summed E-state index contributed by atoms with van der Waals surface area (Å²) in [6, 6.07) is 12.1. The van der Waals surface area contributed by atoms with Crippen molar-refractivity contribution in [2.45, 2.75) is 13.8 Å². The summed E-state index contributed by atoms with van der Waals surface area (Å²) in [5.74, 6) is -2.50. The van der Waals surface area contributed by atoms with E-state index < -0.39 is 17.5 Å². The molecule has 1 N–H and O–H groups in total. The van der Waals surface area contributed by atoms with Crippen LogP contribution in [0.4, 0.5) is 26.0 Å². The van der Waals surface area contributed by atoms with E-state index in [0.29, 0.717) is 16.9 Å². The van der Waals surface area contributed by atoms with E-state index in [1.165, 1.54) is 17.6 Å². The van der Waals surface area contributed by atoms with Gasteiger partial charge in [-0.15, -0.1) is 0 Å². The fraction of sp³-hybridized carbons (Fsp3) is 0.269. The molecule has 1 saturated heterocycles. The molecule has 0 aliphatic carbocycles. The van der Waals surface area contributed by atoms with Gasteiger partial charge in [-0.3, -0.25) is 9.36 Å². The maximum absolute atomic E-state index is 15.2. The number of aromatic nitrogens is 3. The molecule has 10 heteroatoms. The highest BCUT2D eigenvalue weighted by Gasteiger charge is 2.20. The zero-order valence-electron chi connectivity index (χ0n) is 20.3. The largest absolute Gasteiger partial charge is 0.433 e. The third-order valence-electron chi connectivity index (χ3n) is 6.35. The number of hydrogen-bond acceptors (Lipinski definition) is 7. The molecule has 8 nitrogen and oxygen atoms in total. The minimum absolute atomic E-state index is 0.0904. The second kappa shape index (κ2) is 9.54. The molecule has 0 amide bonds. The summed E-state index contributed by atoms with van der Waals surface area (Å²) >= 11 is 0. The number of rotatable bonds is 5. The van der Waals surface area contributed by atoms with Gasteiger partial charge in [-0.25, -0.2) is 9.37 Å². The van der Waals surface area contributed by atoms with Crippen LogP contribution in [-0.2, 0) is 0 Å². The Balaban J connectivity index is 1.35. The van der Waals surface area contributed by atoms with Gasteiger partial charge in [0.2, 0.25) is 11.7 Å². The number of carbonyl (C=O) groups excluding carboxylic acids is 1. The van der Waals surface area contributed by atoms with Crippen LogP contribution in [0, 0.1) is 18.6 Å². The summed E-state index contributed by atoms with van der Waals surface area (Å²) in [6.07, 6.45) is 1.14. The number of nitrogens with zero attached hydrogens (tertiary/aromatic N) is 5. The number of likely N-dealkylation sites (N-methyl/N-ethyl adjacent to an activating group) is 1. The molecular weight excluding hydrogens is 466 g/mol. The van der Waals surface area contributed by atoms with Gasteiger partial charge in [-0.1, -0.05) is 0 Å². The molecule has 0 saturated carbocycles. The fourth-order valence-corrected chi connectivity index (χ4v) is 4.43. The van der Waals surface area contributed by atoms with Crippen LogP contribution in [0.3, 0.4) is 0 Å². The molecule has 1 fully saturated rings. The van der Waals surface area contributed by atoms with Gasteiger partial charge >= 0.3 is 0 Å². The van der Waals surface area contributed by atoms with E-state index in [9.17, 15) is 4.79 Å². The van der Waals surface area contributed by atoms with Crippen LogP contribution < -0.4 is 15.0 Å².